The van der Waals surface area contributed by atoms with Crippen molar-refractivity contribution >= 4 is 129 Å². The molecule has 5 heterocycles. The summed E-state index contributed by atoms with van der Waals surface area (Å²) in [4.78, 5) is 217. The van der Waals surface area contributed by atoms with E-state index in [1.165, 1.54) is 44.4 Å². The molecule has 4 aliphatic heterocycles. The molecule has 0 spiro atoms. The number of imide groups is 2. The number of ketones is 4. The molecule has 31 heteroatoms. The molecule has 568 valence electrons. The Morgan fingerprint density at radius 2 is 1.37 bits per heavy atom. The predicted octanol–water partition coefficient (Wildman–Crippen LogP) is 6.57. The van der Waals surface area contributed by atoms with E-state index in [0.717, 1.165) is 44.7 Å². The van der Waals surface area contributed by atoms with E-state index >= 15 is 0 Å². The first kappa shape index (κ1) is 84.6. The van der Waals surface area contributed by atoms with Crippen LogP contribution < -0.4 is 20.7 Å². The first-order chi connectivity index (χ1) is 48.5. The van der Waals surface area contributed by atoms with Gasteiger partial charge in [0.1, 0.15) is 34.6 Å². The van der Waals surface area contributed by atoms with Crippen LogP contribution in [0.15, 0.2) is 23.6 Å². The number of anilines is 1. The van der Waals surface area contributed by atoms with E-state index in [1.54, 1.807) is 25.8 Å². The number of carboxylic acid groups (broad SMARTS) is 1. The summed E-state index contributed by atoms with van der Waals surface area (Å²) in [7, 11) is 5.28. The number of thiazole rings is 1. The molecule has 12 atom stereocenters. The molecule has 6 rings (SSSR count). The highest BCUT2D eigenvalue weighted by Crippen LogP contribution is 2.40. The smallest absolute Gasteiger partial charge is 0.313 e. The average Bonchev–Trinajstić information content (AvgIpc) is 1.63. The number of carbonyl (C=O) groups excluding carboxylic acids is 14. The largest absolute Gasteiger partial charge is 0.481 e. The highest BCUT2D eigenvalue weighted by Gasteiger charge is 2.56. The minimum atomic E-state index is -1.85. The van der Waals surface area contributed by atoms with Crippen molar-refractivity contribution in [3.05, 3.63) is 39.8 Å². The first-order valence-corrected chi connectivity index (χ1v) is 38.2. The van der Waals surface area contributed by atoms with Crippen LogP contribution in [-0.4, -0.2) is 217 Å². The lowest BCUT2D eigenvalue weighted by Crippen LogP contribution is -2.62. The molecule has 0 radical (unpaired) electrons. The second-order valence-electron chi connectivity index (χ2n) is 28.5. The molecule has 28 nitrogen and oxygen atoms in total. The van der Waals surface area contributed by atoms with Gasteiger partial charge in [0, 0.05) is 113 Å². The van der Waals surface area contributed by atoms with Gasteiger partial charge < -0.3 is 44.9 Å². The van der Waals surface area contributed by atoms with Crippen molar-refractivity contribution in [2.45, 2.75) is 218 Å². The molecule has 4 bridgehead atoms. The number of nitrogens with zero attached hydrogens (tertiary/aromatic N) is 5. The molecular formula is C72H102N8O20S3. The van der Waals surface area contributed by atoms with E-state index in [2.05, 4.69) is 20.9 Å². The fourth-order valence-corrected chi connectivity index (χ4v) is 16.2. The summed E-state index contributed by atoms with van der Waals surface area (Å²) < 4.78 is 23.2. The number of Topliss-reactive ketones (excluding diaryl/α,β-unsaturated/α-hetero) is 4. The number of fused-ring (bicyclic) bond motifs is 8. The van der Waals surface area contributed by atoms with Crippen molar-refractivity contribution in [2.75, 3.05) is 58.0 Å². The molecule has 0 aliphatic carbocycles. The van der Waals surface area contributed by atoms with Crippen molar-refractivity contribution in [1.29, 1.82) is 0 Å². The summed E-state index contributed by atoms with van der Waals surface area (Å²) in [6.45, 7) is 18.3. The van der Waals surface area contributed by atoms with Gasteiger partial charge in [-0.2, -0.15) is 0 Å². The van der Waals surface area contributed by atoms with Gasteiger partial charge in [-0.25, -0.2) is 4.98 Å². The fourth-order valence-electron chi connectivity index (χ4n) is 12.7. The summed E-state index contributed by atoms with van der Waals surface area (Å²) in [6, 6.07) is -2.07. The number of ether oxygens (including phenoxy) is 4. The van der Waals surface area contributed by atoms with Gasteiger partial charge in [0.25, 0.3) is 5.91 Å². The summed E-state index contributed by atoms with van der Waals surface area (Å²) in [5, 5.41) is 18.6. The fraction of sp³-hybridized carbons (Fsp3) is 0.667. The third-order valence-corrected chi connectivity index (χ3v) is 23.3. The van der Waals surface area contributed by atoms with Crippen LogP contribution in [-0.2, 0) is 87.8 Å². The summed E-state index contributed by atoms with van der Waals surface area (Å²) in [5.41, 5.74) is -0.613. The second kappa shape index (κ2) is 38.6. The van der Waals surface area contributed by atoms with Crippen molar-refractivity contribution in [3.63, 3.8) is 0 Å². The molecule has 3 saturated heterocycles. The van der Waals surface area contributed by atoms with Gasteiger partial charge in [-0.3, -0.25) is 86.6 Å². The Labute approximate surface area is 614 Å². The minimum Gasteiger partial charge on any atom is -0.481 e. The number of esters is 2. The van der Waals surface area contributed by atoms with Gasteiger partial charge >= 0.3 is 17.9 Å². The van der Waals surface area contributed by atoms with Crippen LogP contribution in [0.25, 0.3) is 0 Å². The number of carboxylic acids is 1. The number of likely N-dealkylation sites (N-methyl/N-ethyl adjacent to an activating group) is 1. The van der Waals surface area contributed by atoms with Gasteiger partial charge in [0.15, 0.2) is 29.2 Å². The van der Waals surface area contributed by atoms with Crippen molar-refractivity contribution < 1.29 is 96.0 Å². The molecule has 0 saturated carbocycles. The Morgan fingerprint density at radius 1 is 0.786 bits per heavy atom. The van der Waals surface area contributed by atoms with Crippen LogP contribution in [0.5, 0.6) is 5.75 Å². The van der Waals surface area contributed by atoms with Crippen molar-refractivity contribution in [3.8, 4) is 5.75 Å². The Morgan fingerprint density at radius 3 is 1.90 bits per heavy atom. The summed E-state index contributed by atoms with van der Waals surface area (Å²) in [6.07, 6.45) is -2.61. The molecule has 8 amide bonds. The highest BCUT2D eigenvalue weighted by atomic mass is 32.2. The van der Waals surface area contributed by atoms with Crippen LogP contribution in [0.4, 0.5) is 5.69 Å². The van der Waals surface area contributed by atoms with Crippen LogP contribution in [0.1, 0.15) is 187 Å². The maximum Gasteiger partial charge on any atom is 0.313 e. The number of aromatic nitrogens is 1. The zero-order valence-electron chi connectivity index (χ0n) is 61.5. The molecule has 103 heavy (non-hydrogen) atoms. The minimum absolute atomic E-state index is 0.00309. The van der Waals surface area contributed by atoms with Gasteiger partial charge in [0.2, 0.25) is 41.4 Å². The molecule has 1 aromatic carbocycles. The lowest BCUT2D eigenvalue weighted by molar-refractivity contribution is -0.157. The topological polar surface area (TPSA) is 375 Å². The monoisotopic (exact) mass is 1490 g/mol. The normalized spacial score (nSPS) is 23.4. The van der Waals surface area contributed by atoms with Crippen LogP contribution in [0, 0.1) is 35.5 Å². The third-order valence-electron chi connectivity index (χ3n) is 19.7. The van der Waals surface area contributed by atoms with Crippen LogP contribution in [0.3, 0.4) is 0 Å². The maximum atomic E-state index is 14.5. The lowest BCUT2D eigenvalue weighted by Gasteiger charge is -2.38. The predicted molar refractivity (Wildman–Crippen MR) is 383 cm³/mol. The van der Waals surface area contributed by atoms with E-state index in [9.17, 15) is 77.0 Å². The number of thioether (sulfide) groups is 2. The van der Waals surface area contributed by atoms with E-state index < -0.39 is 153 Å². The van der Waals surface area contributed by atoms with E-state index in [0.29, 0.717) is 12.0 Å². The molecule has 4 N–H and O–H groups in total. The molecule has 7 unspecified atom stereocenters. The van der Waals surface area contributed by atoms with Crippen LogP contribution in [0.2, 0.25) is 0 Å². The second-order valence-corrected chi connectivity index (χ2v) is 32.1. The standard InChI is InChI=1S/C72H102N8O20S3/c1-15-40(6)48(32-58(85)72(10,11)77(12)13)68(92)78(14)51(39(4)5)33-55(99-43(9)81)67-76-50(36-101-67)66(91)74-45(28-41(7)71(95)96)29-44-20-21-54-49(30-44)75-64(89)42(8)73-65(90)47(38(2)3)31-46(82)22-26-97-24-16-18-52(83)62-63(53(84)19-17-25-98-27-23-61(88)100-54)80-60(87)35-57(70(80)94)103-37-102-56-34-59(86)79(62)69(56)93/h20-21,30,36,38-42,45,47-48,51,55-57,62-63H,15-19,22-29,31-35,37H2,1-14H3,(H,73,90)(H,74,91)(H,75,89)(H,95,96)/t40-,41?,42?,45+,47?,48-,51+,55+,56?,57?,62?,63?/m0/s1. The van der Waals surface area contributed by atoms with Gasteiger partial charge in [-0.15, -0.1) is 34.9 Å². The Kier molecular flexibility index (Phi) is 31.7. The number of aliphatic carboxylic acids is 1. The van der Waals surface area contributed by atoms with Crippen LogP contribution >= 0.6 is 34.9 Å². The van der Waals surface area contributed by atoms with Crippen molar-refractivity contribution in [2.24, 2.45) is 35.5 Å². The van der Waals surface area contributed by atoms with E-state index in [1.807, 2.05) is 60.5 Å². The number of amides is 8. The quantitative estimate of drug-likeness (QED) is 0.0583. The zero-order valence-corrected chi connectivity index (χ0v) is 63.9. The Hall–Kier alpha value is -7.32. The van der Waals surface area contributed by atoms with Crippen molar-refractivity contribution in [1.82, 2.24) is 35.2 Å². The number of hydrogen-bond donors (Lipinski definition) is 4. The van der Waals surface area contributed by atoms with E-state index in [-0.39, 0.29) is 160 Å². The van der Waals surface area contributed by atoms with Gasteiger partial charge in [-0.05, 0) is 96.0 Å². The molecule has 2 aromatic rings. The maximum absolute atomic E-state index is 14.5. The van der Waals surface area contributed by atoms with E-state index in [4.69, 9.17) is 18.9 Å². The number of carbonyl (C=O) groups is 15. The summed E-state index contributed by atoms with van der Waals surface area (Å²) in [5.74, 6) is -13.5. The molecular weight excluding hydrogens is 1390 g/mol. The number of benzene rings is 1. The molecule has 1 aromatic heterocycles. The SMILES string of the molecule is CC[C@H](C)[C@H](CC(=O)C(C)(C)N(C)C)C(=O)N(C)[C@H](C[C@@H](OC(C)=O)c1nc(C(=O)N[C@@H](Cc2ccc3c(c2)NC(=O)C(C)NC(=O)C(C(C)C)CC(=O)CCOCCCC(=O)C2C(C(=O)CCCOCCC(=O)O3)N3C(=O)CC(SCSC4CC(=O)N2C4=O)C3=O)CC(C)C(=O)O)cs1)C(C)C. The number of rotatable bonds is 21. The Balaban J connectivity index is 1.25. The first-order valence-electron chi connectivity index (χ1n) is 35.2. The van der Waals surface area contributed by atoms with Gasteiger partial charge in [-0.1, -0.05) is 61.0 Å². The zero-order chi connectivity index (χ0) is 76.5. The average molecular weight is 1500 g/mol. The highest BCUT2D eigenvalue weighted by molar-refractivity contribution is 8.17. The lowest BCUT2D eigenvalue weighted by atomic mass is 9.81. The number of nitrogens with one attached hydrogen (secondary N) is 3. The third kappa shape index (κ3) is 22.8. The molecule has 3 fully saturated rings. The van der Waals surface area contributed by atoms with Gasteiger partial charge in [0.05, 0.1) is 47.3 Å². The molecule has 4 aliphatic rings. The number of hydrogen-bond acceptors (Lipinski definition) is 24. The Bertz CT molecular complexity index is 3490. The summed E-state index contributed by atoms with van der Waals surface area (Å²) >= 11 is 3.26.